The van der Waals surface area contributed by atoms with E-state index >= 15 is 0 Å². The van der Waals surface area contributed by atoms with Gasteiger partial charge in [0.25, 0.3) is 0 Å². The van der Waals surface area contributed by atoms with Crippen LogP contribution in [0.2, 0.25) is 0 Å². The lowest BCUT2D eigenvalue weighted by Gasteiger charge is -2.04. The fraction of sp³-hybridized carbons (Fsp3) is 0.188. The lowest BCUT2D eigenvalue weighted by molar-refractivity contribution is 1.19. The van der Waals surface area contributed by atoms with E-state index in [0.717, 1.165) is 12.8 Å². The van der Waals surface area contributed by atoms with Crippen molar-refractivity contribution in [1.29, 1.82) is 0 Å². The van der Waals surface area contributed by atoms with Gasteiger partial charge in [0.05, 0.1) is 0 Å². The first kappa shape index (κ1) is 10.9. The Morgan fingerprint density at radius 3 is 2.69 bits per heavy atom. The highest BCUT2D eigenvalue weighted by atomic mass is 14.2. The van der Waals surface area contributed by atoms with Crippen LogP contribution in [0.25, 0.3) is 6.08 Å². The van der Waals surface area contributed by atoms with Crippen LogP contribution in [0.3, 0.4) is 0 Å². The maximum absolute atomic E-state index is 3.82. The molecule has 0 amide bonds. The molecule has 0 saturated carbocycles. The van der Waals surface area contributed by atoms with Crippen molar-refractivity contribution in [1.82, 2.24) is 0 Å². The Hall–Kier alpha value is -1.56. The highest BCUT2D eigenvalue weighted by Gasteiger charge is 2.15. The molecule has 0 fully saturated rings. The SMILES string of the molecule is C=CCC1=C(C)[CH]C/C1=C\c1ccccc1. The monoisotopic (exact) mass is 209 g/mol. The number of rotatable bonds is 3. The van der Waals surface area contributed by atoms with Crippen LogP contribution in [-0.2, 0) is 0 Å². The maximum Gasteiger partial charge on any atom is -0.00904 e. The fourth-order valence-corrected chi connectivity index (χ4v) is 2.10. The summed E-state index contributed by atoms with van der Waals surface area (Å²) >= 11 is 0. The third-order valence-electron chi connectivity index (χ3n) is 2.98. The Kier molecular flexibility index (Phi) is 3.40. The summed E-state index contributed by atoms with van der Waals surface area (Å²) in [6.07, 6.45) is 8.60. The molecule has 0 bridgehead atoms. The molecule has 16 heavy (non-hydrogen) atoms. The molecule has 1 aliphatic carbocycles. The van der Waals surface area contributed by atoms with Crippen LogP contribution in [0.5, 0.6) is 0 Å². The fourth-order valence-electron chi connectivity index (χ4n) is 2.10. The van der Waals surface area contributed by atoms with E-state index < -0.39 is 0 Å². The molecule has 0 saturated heterocycles. The highest BCUT2D eigenvalue weighted by Crippen LogP contribution is 2.33. The zero-order chi connectivity index (χ0) is 11.4. The Bertz CT molecular complexity index is 432. The maximum atomic E-state index is 3.82. The third kappa shape index (κ3) is 2.33. The topological polar surface area (TPSA) is 0 Å². The number of benzene rings is 1. The van der Waals surface area contributed by atoms with Crippen molar-refractivity contribution < 1.29 is 0 Å². The first-order chi connectivity index (χ1) is 7.81. The summed E-state index contributed by atoms with van der Waals surface area (Å²) in [6, 6.07) is 10.5. The molecule has 1 radical (unpaired) electrons. The van der Waals surface area contributed by atoms with Gasteiger partial charge in [-0.1, -0.05) is 48.1 Å². The molecule has 0 unspecified atom stereocenters. The van der Waals surface area contributed by atoms with Crippen molar-refractivity contribution in [2.45, 2.75) is 19.8 Å². The average molecular weight is 209 g/mol. The van der Waals surface area contributed by atoms with Gasteiger partial charge in [-0.15, -0.1) is 6.58 Å². The summed E-state index contributed by atoms with van der Waals surface area (Å²) in [6.45, 7) is 6.01. The van der Waals surface area contributed by atoms with Gasteiger partial charge in [-0.2, -0.15) is 0 Å². The Morgan fingerprint density at radius 1 is 1.25 bits per heavy atom. The van der Waals surface area contributed by atoms with Gasteiger partial charge in [0.15, 0.2) is 0 Å². The third-order valence-corrected chi connectivity index (χ3v) is 2.98. The molecule has 0 nitrogen and oxygen atoms in total. The minimum atomic E-state index is 0.973. The van der Waals surface area contributed by atoms with Gasteiger partial charge in [-0.3, -0.25) is 0 Å². The summed E-state index contributed by atoms with van der Waals surface area (Å²) < 4.78 is 0. The number of allylic oxidation sites excluding steroid dienone is 4. The summed E-state index contributed by atoms with van der Waals surface area (Å²) in [4.78, 5) is 0. The van der Waals surface area contributed by atoms with Crippen molar-refractivity contribution in [2.24, 2.45) is 0 Å². The molecule has 0 aromatic heterocycles. The van der Waals surface area contributed by atoms with Crippen LogP contribution in [0.1, 0.15) is 25.3 Å². The smallest absolute Gasteiger partial charge is 0.00904 e. The second-order valence-electron chi connectivity index (χ2n) is 4.14. The molecule has 0 aliphatic heterocycles. The van der Waals surface area contributed by atoms with E-state index in [1.165, 1.54) is 22.3 Å². The van der Waals surface area contributed by atoms with Crippen LogP contribution < -0.4 is 0 Å². The highest BCUT2D eigenvalue weighted by molar-refractivity contribution is 5.63. The Labute approximate surface area is 98.0 Å². The predicted octanol–water partition coefficient (Wildman–Crippen LogP) is 4.57. The molecule has 2 rings (SSSR count). The standard InChI is InChI=1S/C16H17/c1-3-7-16-13(2)10-11-15(16)12-14-8-5-4-6-9-14/h3-6,8-10,12H,1,7,11H2,2H3/b15-12+. The first-order valence-corrected chi connectivity index (χ1v) is 5.71. The van der Waals surface area contributed by atoms with Crippen LogP contribution in [0, 0.1) is 6.42 Å². The van der Waals surface area contributed by atoms with Crippen LogP contribution in [0.15, 0.2) is 59.7 Å². The molecule has 0 heterocycles. The normalized spacial score (nSPS) is 18.2. The van der Waals surface area contributed by atoms with Gasteiger partial charge in [-0.25, -0.2) is 0 Å². The lowest BCUT2D eigenvalue weighted by Crippen LogP contribution is -1.83. The number of hydrogen-bond donors (Lipinski definition) is 0. The average Bonchev–Trinajstić information content (AvgIpc) is 2.64. The van der Waals surface area contributed by atoms with Crippen molar-refractivity contribution in [3.8, 4) is 0 Å². The molecule has 1 aromatic rings. The van der Waals surface area contributed by atoms with Gasteiger partial charge < -0.3 is 0 Å². The van der Waals surface area contributed by atoms with Crippen LogP contribution >= 0.6 is 0 Å². The molecule has 0 N–H and O–H groups in total. The number of hydrogen-bond acceptors (Lipinski definition) is 0. The van der Waals surface area contributed by atoms with Crippen molar-refractivity contribution in [2.75, 3.05) is 0 Å². The zero-order valence-electron chi connectivity index (χ0n) is 9.74. The van der Waals surface area contributed by atoms with Crippen molar-refractivity contribution >= 4 is 6.08 Å². The second-order valence-corrected chi connectivity index (χ2v) is 4.14. The molecule has 0 atom stereocenters. The van der Waals surface area contributed by atoms with E-state index in [0.29, 0.717) is 0 Å². The summed E-state index contributed by atoms with van der Waals surface area (Å²) in [7, 11) is 0. The molecular weight excluding hydrogens is 192 g/mol. The zero-order valence-corrected chi connectivity index (χ0v) is 9.74. The largest absolute Gasteiger partial charge is 0.103 e. The first-order valence-electron chi connectivity index (χ1n) is 5.71. The van der Waals surface area contributed by atoms with E-state index in [9.17, 15) is 0 Å². The van der Waals surface area contributed by atoms with Gasteiger partial charge in [0, 0.05) is 0 Å². The summed E-state index contributed by atoms with van der Waals surface area (Å²) in [5.74, 6) is 0. The van der Waals surface area contributed by atoms with E-state index in [1.807, 2.05) is 6.08 Å². The van der Waals surface area contributed by atoms with E-state index in [2.05, 4.69) is 56.3 Å². The van der Waals surface area contributed by atoms with E-state index in [-0.39, 0.29) is 0 Å². The van der Waals surface area contributed by atoms with Gasteiger partial charge >= 0.3 is 0 Å². The van der Waals surface area contributed by atoms with Gasteiger partial charge in [0.1, 0.15) is 0 Å². The minimum absolute atomic E-state index is 0.973. The van der Waals surface area contributed by atoms with Gasteiger partial charge in [0.2, 0.25) is 0 Å². The molecule has 0 heteroatoms. The van der Waals surface area contributed by atoms with Crippen molar-refractivity contribution in [3.63, 3.8) is 0 Å². The lowest BCUT2D eigenvalue weighted by atomic mass is 10.0. The summed E-state index contributed by atoms with van der Waals surface area (Å²) in [5.41, 5.74) is 5.56. The van der Waals surface area contributed by atoms with Crippen LogP contribution in [-0.4, -0.2) is 0 Å². The molecule has 81 valence electrons. The van der Waals surface area contributed by atoms with E-state index in [4.69, 9.17) is 0 Å². The quantitative estimate of drug-likeness (QED) is 0.640. The second kappa shape index (κ2) is 4.98. The minimum Gasteiger partial charge on any atom is -0.103 e. The molecular formula is C16H17. The van der Waals surface area contributed by atoms with Crippen molar-refractivity contribution in [3.05, 3.63) is 71.7 Å². The molecule has 0 spiro atoms. The predicted molar refractivity (Wildman–Crippen MR) is 70.9 cm³/mol. The van der Waals surface area contributed by atoms with E-state index in [1.54, 1.807) is 0 Å². The Morgan fingerprint density at radius 2 is 2.00 bits per heavy atom. The molecule has 1 aromatic carbocycles. The Balaban J connectivity index is 2.28. The van der Waals surface area contributed by atoms with Crippen LogP contribution in [0.4, 0.5) is 0 Å². The van der Waals surface area contributed by atoms with Gasteiger partial charge in [-0.05, 0) is 42.9 Å². The molecule has 1 aliphatic rings. The summed E-state index contributed by atoms with van der Waals surface area (Å²) in [5, 5.41) is 0.